The predicted octanol–water partition coefficient (Wildman–Crippen LogP) is 3.05. The van der Waals surface area contributed by atoms with E-state index in [-0.39, 0.29) is 5.91 Å². The van der Waals surface area contributed by atoms with E-state index >= 15 is 0 Å². The molecule has 0 radical (unpaired) electrons. The molecule has 1 N–H and O–H groups in total. The molecule has 2 aromatic heterocycles. The molecule has 2 aliphatic rings. The monoisotopic (exact) mass is 340 g/mol. The van der Waals surface area contributed by atoms with Gasteiger partial charge in [0.1, 0.15) is 17.3 Å². The fraction of sp³-hybridized carbons (Fsp3) is 0.526. The minimum Gasteiger partial charge on any atom is -0.461 e. The summed E-state index contributed by atoms with van der Waals surface area (Å²) in [5.41, 5.74) is 0. The first kappa shape index (κ1) is 16.1. The zero-order chi connectivity index (χ0) is 17.2. The number of aromatic nitrogens is 3. The van der Waals surface area contributed by atoms with E-state index < -0.39 is 0 Å². The van der Waals surface area contributed by atoms with Gasteiger partial charge in [0.2, 0.25) is 5.91 Å². The van der Waals surface area contributed by atoms with Gasteiger partial charge in [-0.25, -0.2) is 0 Å². The van der Waals surface area contributed by atoms with Gasteiger partial charge in [-0.3, -0.25) is 4.79 Å². The van der Waals surface area contributed by atoms with E-state index in [1.807, 2.05) is 12.1 Å². The summed E-state index contributed by atoms with van der Waals surface area (Å²) in [6.07, 6.45) is 8.93. The summed E-state index contributed by atoms with van der Waals surface area (Å²) in [6, 6.07) is 3.93. The second-order valence-electron chi connectivity index (χ2n) is 7.11. The van der Waals surface area contributed by atoms with Gasteiger partial charge in [-0.15, -0.1) is 10.2 Å². The van der Waals surface area contributed by atoms with Gasteiger partial charge in [0.15, 0.2) is 5.82 Å². The molecule has 0 saturated heterocycles. The van der Waals surface area contributed by atoms with Crippen LogP contribution in [0.3, 0.4) is 0 Å². The number of nitrogens with one attached hydrogen (secondary N) is 1. The molecule has 132 valence electrons. The van der Waals surface area contributed by atoms with Crippen molar-refractivity contribution in [2.45, 2.75) is 58.0 Å². The van der Waals surface area contributed by atoms with Crippen LogP contribution in [0.25, 0.3) is 6.08 Å². The fourth-order valence-electron chi connectivity index (χ4n) is 3.43. The van der Waals surface area contributed by atoms with Crippen LogP contribution >= 0.6 is 0 Å². The van der Waals surface area contributed by atoms with Crippen LogP contribution in [0.4, 0.5) is 0 Å². The van der Waals surface area contributed by atoms with Crippen LogP contribution in [0.5, 0.6) is 0 Å². The Morgan fingerprint density at radius 1 is 1.36 bits per heavy atom. The number of hydrogen-bond acceptors (Lipinski definition) is 4. The minimum atomic E-state index is -0.149. The maximum Gasteiger partial charge on any atom is 0.244 e. The molecule has 3 heterocycles. The van der Waals surface area contributed by atoms with Gasteiger partial charge in [-0.2, -0.15) is 0 Å². The highest BCUT2D eigenvalue weighted by Crippen LogP contribution is 2.47. The van der Waals surface area contributed by atoms with E-state index in [4.69, 9.17) is 4.42 Å². The highest BCUT2D eigenvalue weighted by Gasteiger charge is 2.36. The molecule has 2 aromatic rings. The summed E-state index contributed by atoms with van der Waals surface area (Å²) in [6.45, 7) is 3.57. The lowest BCUT2D eigenvalue weighted by Crippen LogP contribution is -2.23. The fourth-order valence-corrected chi connectivity index (χ4v) is 3.43. The molecule has 6 heteroatoms. The molecular formula is C19H24N4O2. The molecular weight excluding hydrogens is 316 g/mol. The van der Waals surface area contributed by atoms with E-state index in [1.54, 1.807) is 6.08 Å². The summed E-state index contributed by atoms with van der Waals surface area (Å²) >= 11 is 0. The number of aryl methyl sites for hydroxylation is 1. The maximum atomic E-state index is 12.1. The van der Waals surface area contributed by atoms with Crippen LogP contribution in [0.15, 0.2) is 22.6 Å². The topological polar surface area (TPSA) is 73.0 Å². The molecule has 1 saturated carbocycles. The average molecular weight is 340 g/mol. The standard InChI is InChI=1S/C19H24N4O2/c1-13-11-15(13)16-8-6-14(25-16)7-9-19(24)20-12-18-22-21-17-5-3-2-4-10-23(17)18/h6-9,13,15H,2-5,10-12H2,1H3,(H,20,24)/b9-7-/t13-,15+/m1/s1. The number of carbonyl (C=O) groups is 1. The van der Waals surface area contributed by atoms with Gasteiger partial charge in [-0.1, -0.05) is 13.3 Å². The number of furan rings is 1. The lowest BCUT2D eigenvalue weighted by Gasteiger charge is -2.06. The van der Waals surface area contributed by atoms with Crippen molar-refractivity contribution in [1.29, 1.82) is 0 Å². The summed E-state index contributed by atoms with van der Waals surface area (Å²) < 4.78 is 7.92. The van der Waals surface area contributed by atoms with Crippen molar-refractivity contribution in [3.63, 3.8) is 0 Å². The summed E-state index contributed by atoms with van der Waals surface area (Å²) in [7, 11) is 0. The van der Waals surface area contributed by atoms with E-state index in [0.717, 1.165) is 49.0 Å². The molecule has 25 heavy (non-hydrogen) atoms. The molecule has 0 bridgehead atoms. The maximum absolute atomic E-state index is 12.1. The second kappa shape index (κ2) is 6.86. The Balaban J connectivity index is 1.32. The van der Waals surface area contributed by atoms with Crippen molar-refractivity contribution in [3.05, 3.63) is 41.4 Å². The van der Waals surface area contributed by atoms with E-state index in [0.29, 0.717) is 18.4 Å². The number of rotatable bonds is 5. The first-order chi connectivity index (χ1) is 12.2. The SMILES string of the molecule is C[C@@H]1C[C@@H]1c1ccc(/C=C\C(=O)NCc2nnc3n2CCCCC3)o1. The van der Waals surface area contributed by atoms with E-state index in [2.05, 4.69) is 27.0 Å². The second-order valence-corrected chi connectivity index (χ2v) is 7.11. The van der Waals surface area contributed by atoms with Crippen LogP contribution in [0.2, 0.25) is 0 Å². The molecule has 1 fully saturated rings. The number of nitrogens with zero attached hydrogens (tertiary/aromatic N) is 3. The first-order valence-electron chi connectivity index (χ1n) is 9.17. The summed E-state index contributed by atoms with van der Waals surface area (Å²) in [5, 5.41) is 11.4. The number of fused-ring (bicyclic) bond motifs is 1. The molecule has 2 atom stereocenters. The van der Waals surface area contributed by atoms with Gasteiger partial charge >= 0.3 is 0 Å². The third-order valence-corrected chi connectivity index (χ3v) is 5.13. The molecule has 0 aromatic carbocycles. The molecule has 1 aliphatic carbocycles. The van der Waals surface area contributed by atoms with Crippen molar-refractivity contribution in [2.75, 3.05) is 0 Å². The van der Waals surface area contributed by atoms with Crippen molar-refractivity contribution in [3.8, 4) is 0 Å². The van der Waals surface area contributed by atoms with Crippen molar-refractivity contribution >= 4 is 12.0 Å². The number of carbonyl (C=O) groups excluding carboxylic acids is 1. The summed E-state index contributed by atoms with van der Waals surface area (Å²) in [4.78, 5) is 12.1. The van der Waals surface area contributed by atoms with Gasteiger partial charge in [0, 0.05) is 25.0 Å². The van der Waals surface area contributed by atoms with Crippen LogP contribution in [-0.2, 0) is 24.3 Å². The lowest BCUT2D eigenvalue weighted by atomic mass is 10.2. The molecule has 1 amide bonds. The largest absolute Gasteiger partial charge is 0.461 e. The van der Waals surface area contributed by atoms with Crippen LogP contribution in [0.1, 0.15) is 61.7 Å². The quantitative estimate of drug-likeness (QED) is 0.849. The first-order valence-corrected chi connectivity index (χ1v) is 9.17. The number of hydrogen-bond donors (Lipinski definition) is 1. The van der Waals surface area contributed by atoms with Crippen LogP contribution in [-0.4, -0.2) is 20.7 Å². The Morgan fingerprint density at radius 3 is 3.08 bits per heavy atom. The highest BCUT2D eigenvalue weighted by molar-refractivity contribution is 5.91. The van der Waals surface area contributed by atoms with Crippen molar-refractivity contribution < 1.29 is 9.21 Å². The normalized spacial score (nSPS) is 22.6. The molecule has 0 unspecified atom stereocenters. The Hall–Kier alpha value is -2.37. The van der Waals surface area contributed by atoms with Gasteiger partial charge < -0.3 is 14.3 Å². The molecule has 0 spiro atoms. The summed E-state index contributed by atoms with van der Waals surface area (Å²) in [5.74, 6) is 4.74. The predicted molar refractivity (Wildman–Crippen MR) is 93.7 cm³/mol. The average Bonchev–Trinajstić information content (AvgIpc) is 3.06. The van der Waals surface area contributed by atoms with Crippen molar-refractivity contribution in [2.24, 2.45) is 5.92 Å². The Labute approximate surface area is 147 Å². The molecule has 6 nitrogen and oxygen atoms in total. The van der Waals surface area contributed by atoms with E-state index in [9.17, 15) is 4.79 Å². The van der Waals surface area contributed by atoms with Gasteiger partial charge in [0.05, 0.1) is 6.54 Å². The molecule has 4 rings (SSSR count). The number of amides is 1. The van der Waals surface area contributed by atoms with Crippen molar-refractivity contribution in [1.82, 2.24) is 20.1 Å². The third-order valence-electron chi connectivity index (χ3n) is 5.13. The Kier molecular flexibility index (Phi) is 4.42. The highest BCUT2D eigenvalue weighted by atomic mass is 16.3. The van der Waals surface area contributed by atoms with Gasteiger partial charge in [-0.05, 0) is 43.4 Å². The van der Waals surface area contributed by atoms with Crippen LogP contribution in [0, 0.1) is 5.92 Å². The Morgan fingerprint density at radius 2 is 2.24 bits per heavy atom. The zero-order valence-corrected chi connectivity index (χ0v) is 14.6. The smallest absolute Gasteiger partial charge is 0.244 e. The van der Waals surface area contributed by atoms with E-state index in [1.165, 1.54) is 18.9 Å². The zero-order valence-electron chi connectivity index (χ0n) is 14.6. The third kappa shape index (κ3) is 3.67. The Bertz CT molecular complexity index is 789. The molecule has 1 aliphatic heterocycles. The van der Waals surface area contributed by atoms with Gasteiger partial charge in [0.25, 0.3) is 0 Å². The van der Waals surface area contributed by atoms with Crippen LogP contribution < -0.4 is 5.32 Å². The lowest BCUT2D eigenvalue weighted by molar-refractivity contribution is -0.116. The minimum absolute atomic E-state index is 0.149.